The van der Waals surface area contributed by atoms with Crippen molar-refractivity contribution in [2.45, 2.75) is 0 Å². The van der Waals surface area contributed by atoms with Crippen LogP contribution in [0.5, 0.6) is 11.5 Å². The van der Waals surface area contributed by atoms with Gasteiger partial charge in [0.2, 0.25) is 0 Å². The van der Waals surface area contributed by atoms with E-state index in [-0.39, 0.29) is 0 Å². The van der Waals surface area contributed by atoms with Gasteiger partial charge in [0.05, 0.1) is 24.6 Å². The molecule has 0 atom stereocenters. The summed E-state index contributed by atoms with van der Waals surface area (Å²) in [6.45, 7) is 5.35. The highest BCUT2D eigenvalue weighted by molar-refractivity contribution is 5.84. The summed E-state index contributed by atoms with van der Waals surface area (Å²) in [5.41, 5.74) is 8.43. The maximum absolute atomic E-state index is 6.65. The number of imidazole rings is 2. The minimum Gasteiger partial charge on any atom is -0.453 e. The van der Waals surface area contributed by atoms with Crippen molar-refractivity contribution in [2.75, 3.05) is 44.3 Å². The van der Waals surface area contributed by atoms with E-state index in [2.05, 4.69) is 80.4 Å². The van der Waals surface area contributed by atoms with Gasteiger partial charge in [0.15, 0.2) is 11.5 Å². The maximum atomic E-state index is 6.65. The number of fused-ring (bicyclic) bond motifs is 4. The van der Waals surface area contributed by atoms with Crippen molar-refractivity contribution in [1.29, 1.82) is 0 Å². The number of ether oxygens (including phenoxy) is 2. The first-order valence-corrected chi connectivity index (χ1v) is 13.7. The lowest BCUT2D eigenvalue weighted by atomic mass is 10.0. The molecular formula is C32H28N6O2. The number of hydrogen-bond donors (Lipinski definition) is 0. The van der Waals surface area contributed by atoms with Gasteiger partial charge in [0.25, 0.3) is 0 Å². The maximum Gasteiger partial charge on any atom is 0.151 e. The summed E-state index contributed by atoms with van der Waals surface area (Å²) < 4.78 is 16.3. The molecule has 8 nitrogen and oxygen atoms in total. The number of morpholine rings is 1. The number of rotatable bonds is 5. The van der Waals surface area contributed by atoms with Gasteiger partial charge in [-0.1, -0.05) is 12.1 Å². The van der Waals surface area contributed by atoms with Crippen molar-refractivity contribution in [3.63, 3.8) is 0 Å². The SMILES string of the molecule is c1cn2ccc(-c3ccc4c(c3)Oc3cc(-c5ccn6ccnc6c5)ccc3N4CCN3CCOCC3)cc2n1. The van der Waals surface area contributed by atoms with E-state index in [0.29, 0.717) is 0 Å². The molecule has 2 aliphatic rings. The lowest BCUT2D eigenvalue weighted by molar-refractivity contribution is 0.0394. The number of anilines is 2. The molecule has 6 heterocycles. The van der Waals surface area contributed by atoms with Gasteiger partial charge in [0, 0.05) is 63.4 Å². The van der Waals surface area contributed by atoms with Crippen molar-refractivity contribution in [1.82, 2.24) is 23.7 Å². The number of nitrogens with zero attached hydrogens (tertiary/aromatic N) is 6. The minimum absolute atomic E-state index is 0.796. The van der Waals surface area contributed by atoms with Gasteiger partial charge in [-0.3, -0.25) is 4.90 Å². The smallest absolute Gasteiger partial charge is 0.151 e. The average Bonchev–Trinajstić information content (AvgIpc) is 3.68. The lowest BCUT2D eigenvalue weighted by Gasteiger charge is -2.35. The van der Waals surface area contributed by atoms with E-state index in [4.69, 9.17) is 9.47 Å². The highest BCUT2D eigenvalue weighted by Gasteiger charge is 2.26. The van der Waals surface area contributed by atoms with Gasteiger partial charge < -0.3 is 23.2 Å². The Morgan fingerprint density at radius 2 is 1.15 bits per heavy atom. The summed E-state index contributed by atoms with van der Waals surface area (Å²) >= 11 is 0. The summed E-state index contributed by atoms with van der Waals surface area (Å²) in [5, 5.41) is 0. The van der Waals surface area contributed by atoms with Crippen LogP contribution in [-0.2, 0) is 4.74 Å². The monoisotopic (exact) mass is 528 g/mol. The van der Waals surface area contributed by atoms with Gasteiger partial charge >= 0.3 is 0 Å². The molecule has 1 saturated heterocycles. The third-order valence-electron chi connectivity index (χ3n) is 7.93. The van der Waals surface area contributed by atoms with Gasteiger partial charge in [-0.2, -0.15) is 0 Å². The van der Waals surface area contributed by atoms with Crippen LogP contribution in [0.2, 0.25) is 0 Å². The Labute approximate surface area is 231 Å². The fourth-order valence-electron chi connectivity index (χ4n) is 5.73. The van der Waals surface area contributed by atoms with Crippen molar-refractivity contribution >= 4 is 22.7 Å². The zero-order valence-corrected chi connectivity index (χ0v) is 22.0. The standard InChI is InChI=1S/C32H28N6O2/c1-3-27-29(19-23(1)25-5-9-36-11-7-33-31(36)21-25)40-30-20-24(26-6-10-37-12-8-34-32(37)22-26)2-4-28(30)38(27)14-13-35-15-17-39-18-16-35/h1-12,19-22H,13-18H2. The molecule has 0 bridgehead atoms. The molecule has 4 aromatic heterocycles. The molecule has 2 aliphatic heterocycles. The second kappa shape index (κ2) is 9.51. The normalized spacial score (nSPS) is 15.2. The predicted octanol–water partition coefficient (Wildman–Crippen LogP) is 5.89. The van der Waals surface area contributed by atoms with E-state index < -0.39 is 0 Å². The molecule has 0 radical (unpaired) electrons. The van der Waals surface area contributed by atoms with Crippen molar-refractivity contribution in [3.05, 3.63) is 97.8 Å². The molecule has 0 aliphatic carbocycles. The van der Waals surface area contributed by atoms with E-state index >= 15 is 0 Å². The molecule has 6 aromatic rings. The molecule has 40 heavy (non-hydrogen) atoms. The molecule has 8 heteroatoms. The number of pyridine rings is 2. The predicted molar refractivity (Wildman–Crippen MR) is 156 cm³/mol. The lowest BCUT2D eigenvalue weighted by Crippen LogP contribution is -2.41. The van der Waals surface area contributed by atoms with Gasteiger partial charge in [-0.15, -0.1) is 0 Å². The summed E-state index contributed by atoms with van der Waals surface area (Å²) in [4.78, 5) is 13.8. The highest BCUT2D eigenvalue weighted by Crippen LogP contribution is 2.49. The van der Waals surface area contributed by atoms with E-state index in [1.54, 1.807) is 0 Å². The van der Waals surface area contributed by atoms with Crippen LogP contribution in [0.25, 0.3) is 33.5 Å². The zero-order chi connectivity index (χ0) is 26.5. The Bertz CT molecular complexity index is 1730. The fraction of sp³-hybridized carbons (Fsp3) is 0.188. The molecule has 2 aromatic carbocycles. The molecule has 0 spiro atoms. The third-order valence-corrected chi connectivity index (χ3v) is 7.93. The minimum atomic E-state index is 0.796. The number of aromatic nitrogens is 4. The van der Waals surface area contributed by atoms with Crippen LogP contribution >= 0.6 is 0 Å². The molecule has 1 fully saturated rings. The van der Waals surface area contributed by atoms with Crippen molar-refractivity contribution in [3.8, 4) is 33.8 Å². The van der Waals surface area contributed by atoms with Gasteiger partial charge in [0.1, 0.15) is 11.3 Å². The van der Waals surface area contributed by atoms with Crippen molar-refractivity contribution in [2.24, 2.45) is 0 Å². The summed E-state index contributed by atoms with van der Waals surface area (Å²) in [6.07, 6.45) is 11.6. The summed E-state index contributed by atoms with van der Waals surface area (Å²) in [6, 6.07) is 21.5. The third kappa shape index (κ3) is 4.09. The Balaban J connectivity index is 1.18. The molecule has 0 saturated carbocycles. The summed E-state index contributed by atoms with van der Waals surface area (Å²) in [5.74, 6) is 1.71. The first-order chi connectivity index (χ1) is 19.8. The Morgan fingerprint density at radius 1 is 0.600 bits per heavy atom. The quantitative estimate of drug-likeness (QED) is 0.278. The van der Waals surface area contributed by atoms with E-state index in [1.807, 2.05) is 46.0 Å². The van der Waals surface area contributed by atoms with Gasteiger partial charge in [-0.25, -0.2) is 9.97 Å². The molecule has 0 unspecified atom stereocenters. The molecule has 0 N–H and O–H groups in total. The second-order valence-electron chi connectivity index (χ2n) is 10.3. The van der Waals surface area contributed by atoms with E-state index in [9.17, 15) is 0 Å². The first kappa shape index (κ1) is 23.2. The molecule has 0 amide bonds. The topological polar surface area (TPSA) is 59.5 Å². The highest BCUT2D eigenvalue weighted by atomic mass is 16.5. The Hall–Kier alpha value is -4.66. The molecule has 8 rings (SSSR count). The molecular weight excluding hydrogens is 500 g/mol. The van der Waals surface area contributed by atoms with Crippen molar-refractivity contribution < 1.29 is 9.47 Å². The average molecular weight is 529 g/mol. The van der Waals surface area contributed by atoms with Crippen LogP contribution < -0.4 is 9.64 Å². The number of hydrogen-bond acceptors (Lipinski definition) is 6. The number of benzene rings is 2. The van der Waals surface area contributed by atoms with Crippen LogP contribution in [0.1, 0.15) is 0 Å². The zero-order valence-electron chi connectivity index (χ0n) is 22.0. The van der Waals surface area contributed by atoms with Crippen LogP contribution in [0, 0.1) is 0 Å². The van der Waals surface area contributed by atoms with Gasteiger partial charge in [-0.05, 0) is 70.8 Å². The van der Waals surface area contributed by atoms with E-state index in [1.165, 1.54) is 0 Å². The van der Waals surface area contributed by atoms with Crippen LogP contribution in [0.4, 0.5) is 11.4 Å². The molecule has 198 valence electrons. The van der Waals surface area contributed by atoms with Crippen LogP contribution in [-0.4, -0.2) is 63.1 Å². The Morgan fingerprint density at radius 3 is 1.73 bits per heavy atom. The van der Waals surface area contributed by atoms with Crippen LogP contribution in [0.15, 0.2) is 97.8 Å². The first-order valence-electron chi connectivity index (χ1n) is 13.7. The largest absolute Gasteiger partial charge is 0.453 e. The van der Waals surface area contributed by atoms with E-state index in [0.717, 1.165) is 95.8 Å². The summed E-state index contributed by atoms with van der Waals surface area (Å²) in [7, 11) is 0. The second-order valence-corrected chi connectivity index (χ2v) is 10.3. The fourth-order valence-corrected chi connectivity index (χ4v) is 5.73. The Kier molecular flexibility index (Phi) is 5.53. The van der Waals surface area contributed by atoms with Crippen LogP contribution in [0.3, 0.4) is 0 Å².